The van der Waals surface area contributed by atoms with Crippen LogP contribution in [-0.4, -0.2) is 37.1 Å². The Kier molecular flexibility index (Phi) is 8.03. The van der Waals surface area contributed by atoms with E-state index in [2.05, 4.69) is 33.0 Å². The molecule has 0 spiro atoms. The van der Waals surface area contributed by atoms with Crippen LogP contribution in [-0.2, 0) is 9.47 Å². The molecule has 0 aliphatic rings. The Hall–Kier alpha value is -0.160. The Bertz CT molecular complexity index is 216. The normalized spacial score (nSPS) is 14.8. The fraction of sp³-hybridized carbons (Fsp3) is 1.00. The van der Waals surface area contributed by atoms with Crippen molar-refractivity contribution in [3.05, 3.63) is 0 Å². The van der Waals surface area contributed by atoms with Gasteiger partial charge < -0.3 is 20.5 Å². The van der Waals surface area contributed by atoms with Crippen LogP contribution in [0.3, 0.4) is 0 Å². The monoisotopic (exact) mass is 260 g/mol. The van der Waals surface area contributed by atoms with Gasteiger partial charge in [-0.05, 0) is 54.4 Å². The van der Waals surface area contributed by atoms with E-state index in [1.54, 1.807) is 0 Å². The second-order valence-corrected chi connectivity index (χ2v) is 6.17. The molecule has 0 radical (unpaired) electrons. The molecule has 3 N–H and O–H groups in total. The van der Waals surface area contributed by atoms with E-state index in [1.165, 1.54) is 0 Å². The number of hydrogen-bond acceptors (Lipinski definition) is 4. The number of nitrogens with two attached hydrogens (primary N) is 1. The molecule has 0 heterocycles. The van der Waals surface area contributed by atoms with E-state index in [9.17, 15) is 0 Å². The van der Waals surface area contributed by atoms with E-state index in [0.29, 0.717) is 6.61 Å². The highest BCUT2D eigenvalue weighted by Gasteiger charge is 2.27. The third-order valence-electron chi connectivity index (χ3n) is 2.86. The van der Waals surface area contributed by atoms with Crippen molar-refractivity contribution >= 4 is 0 Å². The minimum Gasteiger partial charge on any atom is -0.382 e. The second kappa shape index (κ2) is 8.10. The van der Waals surface area contributed by atoms with Crippen LogP contribution in [0.1, 0.15) is 54.4 Å². The summed E-state index contributed by atoms with van der Waals surface area (Å²) in [6.45, 7) is 14.9. The highest BCUT2D eigenvalue weighted by Crippen LogP contribution is 2.18. The van der Waals surface area contributed by atoms with E-state index in [4.69, 9.17) is 15.2 Å². The number of rotatable bonds is 10. The molecular formula is C14H32N2O2. The van der Waals surface area contributed by atoms with E-state index in [0.717, 1.165) is 26.1 Å². The van der Waals surface area contributed by atoms with E-state index in [1.807, 2.05) is 13.8 Å². The van der Waals surface area contributed by atoms with E-state index < -0.39 is 0 Å². The van der Waals surface area contributed by atoms with Gasteiger partial charge in [0, 0.05) is 24.3 Å². The zero-order valence-corrected chi connectivity index (χ0v) is 13.0. The van der Waals surface area contributed by atoms with Crippen LogP contribution in [0.25, 0.3) is 0 Å². The average Bonchev–Trinajstić information content (AvgIpc) is 2.14. The number of ether oxygens (including phenoxy) is 2. The zero-order chi connectivity index (χ0) is 14.2. The molecule has 4 nitrogen and oxygen atoms in total. The van der Waals surface area contributed by atoms with Gasteiger partial charge in [0.2, 0.25) is 0 Å². The molecule has 1 atom stereocenters. The summed E-state index contributed by atoms with van der Waals surface area (Å²) in [5.41, 5.74) is 5.67. The van der Waals surface area contributed by atoms with Gasteiger partial charge >= 0.3 is 0 Å². The lowest BCUT2D eigenvalue weighted by Crippen LogP contribution is -2.53. The molecular weight excluding hydrogens is 228 g/mol. The number of hydrogen-bond donors (Lipinski definition) is 2. The molecule has 4 heteroatoms. The quantitative estimate of drug-likeness (QED) is 0.467. The second-order valence-electron chi connectivity index (χ2n) is 6.17. The first kappa shape index (κ1) is 17.8. The lowest BCUT2D eigenvalue weighted by Gasteiger charge is -2.37. The van der Waals surface area contributed by atoms with Crippen LogP contribution >= 0.6 is 0 Å². The first-order chi connectivity index (χ1) is 8.18. The molecule has 0 aliphatic carbocycles. The van der Waals surface area contributed by atoms with Crippen LogP contribution in [0.4, 0.5) is 0 Å². The van der Waals surface area contributed by atoms with Crippen molar-refractivity contribution < 1.29 is 9.47 Å². The molecule has 1 unspecified atom stereocenters. The standard InChI is InChI=1S/C14H32N2O2/c1-7-17-10-8-13(3,4)16-14(5,6)9-11-18-12(2)15/h12,16H,7-11,15H2,1-6H3. The molecule has 110 valence electrons. The van der Waals surface area contributed by atoms with Crippen molar-refractivity contribution in [2.24, 2.45) is 5.73 Å². The SMILES string of the molecule is CCOCCC(C)(C)NC(C)(C)CCOC(C)N. The van der Waals surface area contributed by atoms with Gasteiger partial charge in [-0.2, -0.15) is 0 Å². The molecule has 0 aromatic rings. The van der Waals surface area contributed by atoms with E-state index >= 15 is 0 Å². The van der Waals surface area contributed by atoms with Gasteiger partial charge in [0.25, 0.3) is 0 Å². The Balaban J connectivity index is 4.03. The maximum atomic E-state index is 5.57. The molecule has 0 aliphatic heterocycles. The van der Waals surface area contributed by atoms with Crippen LogP contribution < -0.4 is 11.1 Å². The van der Waals surface area contributed by atoms with Gasteiger partial charge in [0.1, 0.15) is 6.23 Å². The molecule has 18 heavy (non-hydrogen) atoms. The van der Waals surface area contributed by atoms with Gasteiger partial charge in [-0.25, -0.2) is 0 Å². The van der Waals surface area contributed by atoms with Gasteiger partial charge in [-0.1, -0.05) is 0 Å². The predicted molar refractivity (Wildman–Crippen MR) is 76.6 cm³/mol. The Labute approximate surface area is 113 Å². The maximum absolute atomic E-state index is 5.57. The molecule has 0 saturated heterocycles. The summed E-state index contributed by atoms with van der Waals surface area (Å²) in [6.07, 6.45) is 1.75. The maximum Gasteiger partial charge on any atom is 0.102 e. The average molecular weight is 260 g/mol. The van der Waals surface area contributed by atoms with Crippen LogP contribution in [0.5, 0.6) is 0 Å². The smallest absolute Gasteiger partial charge is 0.102 e. The summed E-state index contributed by atoms with van der Waals surface area (Å²) in [5, 5.41) is 3.66. The van der Waals surface area contributed by atoms with Gasteiger partial charge in [-0.15, -0.1) is 0 Å². The largest absolute Gasteiger partial charge is 0.382 e. The molecule has 0 rings (SSSR count). The third-order valence-corrected chi connectivity index (χ3v) is 2.86. The summed E-state index contributed by atoms with van der Waals surface area (Å²) >= 11 is 0. The summed E-state index contributed by atoms with van der Waals surface area (Å²) < 4.78 is 10.8. The summed E-state index contributed by atoms with van der Waals surface area (Å²) in [5.74, 6) is 0. The predicted octanol–water partition coefficient (Wildman–Crippen LogP) is 2.27. The van der Waals surface area contributed by atoms with Gasteiger partial charge in [-0.3, -0.25) is 0 Å². The summed E-state index contributed by atoms with van der Waals surface area (Å²) in [7, 11) is 0. The Morgan fingerprint density at radius 1 is 1.06 bits per heavy atom. The van der Waals surface area contributed by atoms with Crippen molar-refractivity contribution in [1.82, 2.24) is 5.32 Å². The van der Waals surface area contributed by atoms with Gasteiger partial charge in [0.05, 0.1) is 6.61 Å². The van der Waals surface area contributed by atoms with Crippen molar-refractivity contribution in [1.29, 1.82) is 0 Å². The molecule has 0 bridgehead atoms. The highest BCUT2D eigenvalue weighted by atomic mass is 16.5. The first-order valence-corrected chi connectivity index (χ1v) is 6.93. The highest BCUT2D eigenvalue weighted by molar-refractivity contribution is 4.88. The summed E-state index contributed by atoms with van der Waals surface area (Å²) in [6, 6.07) is 0. The first-order valence-electron chi connectivity index (χ1n) is 6.93. The van der Waals surface area contributed by atoms with Crippen molar-refractivity contribution in [2.45, 2.75) is 71.7 Å². The van der Waals surface area contributed by atoms with Crippen LogP contribution in [0, 0.1) is 0 Å². The molecule has 0 amide bonds. The van der Waals surface area contributed by atoms with E-state index in [-0.39, 0.29) is 17.3 Å². The molecule has 0 fully saturated rings. The van der Waals surface area contributed by atoms with Crippen molar-refractivity contribution in [3.8, 4) is 0 Å². The lowest BCUT2D eigenvalue weighted by atomic mass is 9.92. The van der Waals surface area contributed by atoms with Crippen LogP contribution in [0.2, 0.25) is 0 Å². The summed E-state index contributed by atoms with van der Waals surface area (Å²) in [4.78, 5) is 0. The lowest BCUT2D eigenvalue weighted by molar-refractivity contribution is 0.0505. The minimum atomic E-state index is -0.188. The minimum absolute atomic E-state index is 0.0323. The van der Waals surface area contributed by atoms with Gasteiger partial charge in [0.15, 0.2) is 0 Å². The third kappa shape index (κ3) is 9.83. The molecule has 0 aromatic heterocycles. The fourth-order valence-corrected chi connectivity index (χ4v) is 2.01. The van der Waals surface area contributed by atoms with Crippen molar-refractivity contribution in [2.75, 3.05) is 19.8 Å². The zero-order valence-electron chi connectivity index (χ0n) is 13.0. The molecule has 0 saturated carbocycles. The topological polar surface area (TPSA) is 56.5 Å². The Morgan fingerprint density at radius 3 is 2.00 bits per heavy atom. The fourth-order valence-electron chi connectivity index (χ4n) is 2.01. The Morgan fingerprint density at radius 2 is 1.56 bits per heavy atom. The van der Waals surface area contributed by atoms with Crippen LogP contribution in [0.15, 0.2) is 0 Å². The van der Waals surface area contributed by atoms with Crippen molar-refractivity contribution in [3.63, 3.8) is 0 Å². The molecule has 0 aromatic carbocycles. The number of nitrogens with one attached hydrogen (secondary N) is 1.